The Hall–Kier alpha value is -1.39. The lowest BCUT2D eigenvalue weighted by molar-refractivity contribution is 0.0709. The average Bonchev–Trinajstić information content (AvgIpc) is 2.74. The van der Waals surface area contributed by atoms with Crippen LogP contribution in [0.25, 0.3) is 0 Å². The van der Waals surface area contributed by atoms with E-state index in [9.17, 15) is 9.90 Å². The third-order valence-electron chi connectivity index (χ3n) is 3.46. The van der Waals surface area contributed by atoms with Crippen molar-refractivity contribution in [2.45, 2.75) is 45.6 Å². The highest BCUT2D eigenvalue weighted by atomic mass is 16.5. The van der Waals surface area contributed by atoms with E-state index in [1.54, 1.807) is 26.8 Å². The van der Waals surface area contributed by atoms with Crippen molar-refractivity contribution in [3.05, 3.63) is 34.9 Å². The first-order valence-corrected chi connectivity index (χ1v) is 6.10. The van der Waals surface area contributed by atoms with Gasteiger partial charge in [0.2, 0.25) is 0 Å². The van der Waals surface area contributed by atoms with Crippen LogP contribution in [0.15, 0.2) is 18.2 Å². The van der Waals surface area contributed by atoms with Gasteiger partial charge < -0.3 is 15.2 Å². The minimum Gasteiger partial charge on any atom is -0.391 e. The van der Waals surface area contributed by atoms with Crippen LogP contribution in [-0.2, 0) is 18.0 Å². The molecule has 1 unspecified atom stereocenters. The minimum absolute atomic E-state index is 0.171. The number of rotatable bonds is 3. The van der Waals surface area contributed by atoms with Crippen molar-refractivity contribution >= 4 is 5.91 Å². The minimum atomic E-state index is -0.646. The van der Waals surface area contributed by atoms with Crippen molar-refractivity contribution in [1.82, 2.24) is 5.32 Å². The lowest BCUT2D eigenvalue weighted by Crippen LogP contribution is -2.51. The van der Waals surface area contributed by atoms with Gasteiger partial charge in [-0.25, -0.2) is 0 Å². The molecule has 98 valence electrons. The Morgan fingerprint density at radius 3 is 2.72 bits per heavy atom. The van der Waals surface area contributed by atoms with Crippen LogP contribution in [0, 0.1) is 0 Å². The van der Waals surface area contributed by atoms with Gasteiger partial charge in [-0.05, 0) is 44.0 Å². The van der Waals surface area contributed by atoms with Crippen LogP contribution in [0.4, 0.5) is 0 Å². The Kier molecular flexibility index (Phi) is 3.41. The van der Waals surface area contributed by atoms with Crippen molar-refractivity contribution in [2.75, 3.05) is 0 Å². The number of aliphatic hydroxyl groups excluding tert-OH is 1. The van der Waals surface area contributed by atoms with Gasteiger partial charge in [-0.15, -0.1) is 0 Å². The summed E-state index contributed by atoms with van der Waals surface area (Å²) in [7, 11) is 0. The summed E-state index contributed by atoms with van der Waals surface area (Å²) in [6.45, 7) is 6.45. The van der Waals surface area contributed by atoms with Crippen molar-refractivity contribution in [3.63, 3.8) is 0 Å². The zero-order valence-electron chi connectivity index (χ0n) is 11.0. The molecule has 0 radical (unpaired) electrons. The van der Waals surface area contributed by atoms with Crippen LogP contribution in [0.1, 0.15) is 42.3 Å². The number of carbonyl (C=O) groups is 1. The van der Waals surface area contributed by atoms with E-state index in [4.69, 9.17) is 4.74 Å². The molecule has 2 rings (SSSR count). The summed E-state index contributed by atoms with van der Waals surface area (Å²) in [6, 6.07) is 5.57. The van der Waals surface area contributed by atoms with Gasteiger partial charge in [0.15, 0.2) is 0 Å². The first-order valence-electron chi connectivity index (χ1n) is 6.10. The van der Waals surface area contributed by atoms with E-state index in [0.717, 1.165) is 11.1 Å². The van der Waals surface area contributed by atoms with Crippen LogP contribution >= 0.6 is 0 Å². The van der Waals surface area contributed by atoms with E-state index in [-0.39, 0.29) is 5.91 Å². The highest BCUT2D eigenvalue weighted by Gasteiger charge is 2.26. The zero-order chi connectivity index (χ0) is 13.3. The van der Waals surface area contributed by atoms with Gasteiger partial charge >= 0.3 is 0 Å². The highest BCUT2D eigenvalue weighted by molar-refractivity contribution is 5.95. The molecule has 1 aliphatic rings. The van der Waals surface area contributed by atoms with Crippen LogP contribution in [0.3, 0.4) is 0 Å². The molecule has 1 atom stereocenters. The molecule has 1 aromatic carbocycles. The molecule has 0 aliphatic carbocycles. The van der Waals surface area contributed by atoms with Crippen LogP contribution < -0.4 is 5.32 Å². The quantitative estimate of drug-likeness (QED) is 0.855. The van der Waals surface area contributed by atoms with Gasteiger partial charge in [0.25, 0.3) is 5.91 Å². The van der Waals surface area contributed by atoms with E-state index in [1.165, 1.54) is 0 Å². The fraction of sp³-hybridized carbons (Fsp3) is 0.500. The second-order valence-electron chi connectivity index (χ2n) is 5.33. The number of fused-ring (bicyclic) bond motifs is 1. The summed E-state index contributed by atoms with van der Waals surface area (Å²) in [5, 5.41) is 12.4. The Balaban J connectivity index is 2.15. The third-order valence-corrected chi connectivity index (χ3v) is 3.46. The van der Waals surface area contributed by atoms with E-state index in [0.29, 0.717) is 18.8 Å². The first kappa shape index (κ1) is 13.1. The molecule has 18 heavy (non-hydrogen) atoms. The van der Waals surface area contributed by atoms with Gasteiger partial charge in [-0.2, -0.15) is 0 Å². The smallest absolute Gasteiger partial charge is 0.251 e. The predicted octanol–water partition coefficient (Wildman–Crippen LogP) is 1.61. The molecule has 1 amide bonds. The van der Waals surface area contributed by atoms with Crippen molar-refractivity contribution < 1.29 is 14.6 Å². The number of aliphatic hydroxyl groups is 1. The Labute approximate surface area is 107 Å². The molecule has 2 N–H and O–H groups in total. The Morgan fingerprint density at radius 1 is 1.39 bits per heavy atom. The van der Waals surface area contributed by atoms with Gasteiger partial charge in [0.1, 0.15) is 0 Å². The van der Waals surface area contributed by atoms with Gasteiger partial charge in [0, 0.05) is 5.56 Å². The molecular weight excluding hydrogens is 230 g/mol. The molecule has 0 saturated heterocycles. The summed E-state index contributed by atoms with van der Waals surface area (Å²) in [5.41, 5.74) is 2.17. The number of carbonyl (C=O) groups excluding carboxylic acids is 1. The molecule has 4 heteroatoms. The molecule has 0 spiro atoms. The van der Waals surface area contributed by atoms with E-state index >= 15 is 0 Å². The number of nitrogens with one attached hydrogen (secondary N) is 1. The van der Waals surface area contributed by atoms with Gasteiger partial charge in [-0.1, -0.05) is 6.07 Å². The average molecular weight is 249 g/mol. The summed E-state index contributed by atoms with van der Waals surface area (Å²) in [4.78, 5) is 12.1. The monoisotopic (exact) mass is 249 g/mol. The Morgan fingerprint density at radius 2 is 2.06 bits per heavy atom. The first-order chi connectivity index (χ1) is 8.40. The molecule has 1 heterocycles. The summed E-state index contributed by atoms with van der Waals surface area (Å²) < 4.78 is 5.32. The van der Waals surface area contributed by atoms with Gasteiger partial charge in [0.05, 0.1) is 24.9 Å². The van der Waals surface area contributed by atoms with E-state index < -0.39 is 11.6 Å². The number of amides is 1. The molecule has 0 saturated carbocycles. The fourth-order valence-corrected chi connectivity index (χ4v) is 1.78. The lowest BCUT2D eigenvalue weighted by atomic mass is 9.97. The van der Waals surface area contributed by atoms with E-state index in [1.807, 2.05) is 12.1 Å². The van der Waals surface area contributed by atoms with Crippen molar-refractivity contribution in [3.8, 4) is 0 Å². The van der Waals surface area contributed by atoms with Gasteiger partial charge in [-0.3, -0.25) is 4.79 Å². The predicted molar refractivity (Wildman–Crippen MR) is 68.2 cm³/mol. The molecule has 0 fully saturated rings. The summed E-state index contributed by atoms with van der Waals surface area (Å²) >= 11 is 0. The SMILES string of the molecule is CC(O)C(C)(C)NC(=O)c1ccc2c(c1)COC2. The highest BCUT2D eigenvalue weighted by Crippen LogP contribution is 2.21. The Bertz CT molecular complexity index is 466. The second-order valence-corrected chi connectivity index (χ2v) is 5.33. The maximum Gasteiger partial charge on any atom is 0.251 e. The van der Waals surface area contributed by atoms with Crippen molar-refractivity contribution in [2.24, 2.45) is 0 Å². The maximum absolute atomic E-state index is 12.1. The zero-order valence-corrected chi connectivity index (χ0v) is 11.0. The number of ether oxygens (including phenoxy) is 1. The largest absolute Gasteiger partial charge is 0.391 e. The third kappa shape index (κ3) is 2.54. The standard InChI is InChI=1S/C14H19NO3/c1-9(16)14(2,3)15-13(17)10-4-5-11-7-18-8-12(11)6-10/h4-6,9,16H,7-8H2,1-3H3,(H,15,17). The molecule has 1 aliphatic heterocycles. The van der Waals surface area contributed by atoms with Crippen LogP contribution in [0.2, 0.25) is 0 Å². The molecule has 4 nitrogen and oxygen atoms in total. The summed E-state index contributed by atoms with van der Waals surface area (Å²) in [5.74, 6) is -0.171. The maximum atomic E-state index is 12.1. The normalized spacial score (nSPS) is 16.2. The van der Waals surface area contributed by atoms with Crippen molar-refractivity contribution in [1.29, 1.82) is 0 Å². The number of hydrogen-bond donors (Lipinski definition) is 2. The molecule has 0 aromatic heterocycles. The number of hydrogen-bond acceptors (Lipinski definition) is 3. The number of benzene rings is 1. The fourth-order valence-electron chi connectivity index (χ4n) is 1.78. The van der Waals surface area contributed by atoms with Crippen LogP contribution in [0.5, 0.6) is 0 Å². The molecule has 0 bridgehead atoms. The molecular formula is C14H19NO3. The lowest BCUT2D eigenvalue weighted by Gasteiger charge is -2.29. The van der Waals surface area contributed by atoms with Crippen LogP contribution in [-0.4, -0.2) is 22.7 Å². The molecule has 1 aromatic rings. The summed E-state index contributed by atoms with van der Waals surface area (Å²) in [6.07, 6.45) is -0.612. The topological polar surface area (TPSA) is 58.6 Å². The second kappa shape index (κ2) is 4.71. The van der Waals surface area contributed by atoms with E-state index in [2.05, 4.69) is 5.32 Å².